The molecule has 0 nitrogen and oxygen atoms in total. The molecule has 164 valence electrons. The molecule has 0 bridgehead atoms. The molecular weight excluding hydrogens is 381 g/mol. The zero-order chi connectivity index (χ0) is 21.3. The normalized spacial score (nSPS) is 27.1. The van der Waals surface area contributed by atoms with E-state index in [4.69, 9.17) is 0 Å². The number of rotatable bonds is 6. The van der Waals surface area contributed by atoms with Gasteiger partial charge in [0.05, 0.1) is 11.9 Å². The third-order valence-electron chi connectivity index (χ3n) is 7.12. The van der Waals surface area contributed by atoms with Crippen molar-refractivity contribution >= 4 is 0 Å². The Labute approximate surface area is 180 Å². The van der Waals surface area contributed by atoms with E-state index in [-0.39, 0.29) is 23.3 Å². The summed E-state index contributed by atoms with van der Waals surface area (Å²) in [5.74, 6) is 6.22. The summed E-state index contributed by atoms with van der Waals surface area (Å²) in [4.78, 5) is 0. The minimum atomic E-state index is -0.531. The first-order valence-corrected chi connectivity index (χ1v) is 11.9. The lowest BCUT2D eigenvalue weighted by Gasteiger charge is -2.29. The van der Waals surface area contributed by atoms with E-state index in [1.807, 2.05) is 0 Å². The van der Waals surface area contributed by atoms with Crippen molar-refractivity contribution < 1.29 is 13.2 Å². The van der Waals surface area contributed by atoms with E-state index in [0.717, 1.165) is 50.0 Å². The van der Waals surface area contributed by atoms with Gasteiger partial charge in [-0.3, -0.25) is 0 Å². The first-order valence-electron chi connectivity index (χ1n) is 11.9. The van der Waals surface area contributed by atoms with E-state index < -0.39 is 11.6 Å². The Bertz CT molecular complexity index is 731. The fraction of sp³-hybridized carbons (Fsp3) is 0.630. The number of hydrogen-bond acceptors (Lipinski definition) is 0. The van der Waals surface area contributed by atoms with Gasteiger partial charge in [0.2, 0.25) is 0 Å². The van der Waals surface area contributed by atoms with Crippen LogP contribution in [0, 0.1) is 41.2 Å². The zero-order valence-corrected chi connectivity index (χ0v) is 18.2. The highest BCUT2D eigenvalue weighted by Gasteiger charge is 2.24. The molecule has 0 amide bonds. The van der Waals surface area contributed by atoms with Crippen LogP contribution in [0.2, 0.25) is 0 Å². The molecule has 0 spiro atoms. The maximum atomic E-state index is 14.7. The van der Waals surface area contributed by atoms with Crippen LogP contribution in [0.5, 0.6) is 0 Å². The van der Waals surface area contributed by atoms with Gasteiger partial charge in [0, 0.05) is 5.92 Å². The molecule has 0 aliphatic heterocycles. The summed E-state index contributed by atoms with van der Waals surface area (Å²) < 4.78 is 41.6. The highest BCUT2D eigenvalue weighted by molar-refractivity contribution is 5.40. The number of hydrogen-bond donors (Lipinski definition) is 0. The molecule has 1 aromatic carbocycles. The molecule has 0 aromatic heterocycles. The van der Waals surface area contributed by atoms with Crippen LogP contribution in [0.1, 0.15) is 101 Å². The molecule has 3 rings (SSSR count). The Hall–Kier alpha value is -1.69. The predicted octanol–water partition coefficient (Wildman–Crippen LogP) is 8.46. The molecule has 2 fully saturated rings. The molecule has 2 saturated carbocycles. The Balaban J connectivity index is 1.58. The van der Waals surface area contributed by atoms with Crippen LogP contribution in [-0.2, 0) is 0 Å². The van der Waals surface area contributed by atoms with Crippen molar-refractivity contribution in [1.29, 1.82) is 0 Å². The first-order chi connectivity index (χ1) is 14.6. The molecule has 0 atom stereocenters. The molecule has 2 aliphatic carbocycles. The summed E-state index contributed by atoms with van der Waals surface area (Å²) in [6.07, 6.45) is 15.2. The fourth-order valence-electron chi connectivity index (χ4n) is 5.15. The van der Waals surface area contributed by atoms with Gasteiger partial charge in [-0.1, -0.05) is 50.5 Å². The van der Waals surface area contributed by atoms with Crippen molar-refractivity contribution in [3.8, 4) is 11.8 Å². The Morgan fingerprint density at radius 3 is 2.20 bits per heavy atom. The summed E-state index contributed by atoms with van der Waals surface area (Å²) >= 11 is 0. The lowest BCUT2D eigenvalue weighted by molar-refractivity contribution is 0.302. The third-order valence-corrected chi connectivity index (χ3v) is 7.12. The fourth-order valence-corrected chi connectivity index (χ4v) is 5.15. The van der Waals surface area contributed by atoms with Crippen molar-refractivity contribution in [3.63, 3.8) is 0 Å². The Morgan fingerprint density at radius 1 is 0.933 bits per heavy atom. The molecule has 0 unspecified atom stereocenters. The van der Waals surface area contributed by atoms with E-state index in [2.05, 4.69) is 18.8 Å². The van der Waals surface area contributed by atoms with Gasteiger partial charge >= 0.3 is 0 Å². The molecule has 3 heteroatoms. The molecule has 0 N–H and O–H groups in total. The summed E-state index contributed by atoms with van der Waals surface area (Å²) in [5.41, 5.74) is 0.693. The minimum absolute atomic E-state index is 0.0993. The smallest absolute Gasteiger partial charge is 0.142 e. The zero-order valence-electron chi connectivity index (χ0n) is 18.2. The monoisotopic (exact) mass is 416 g/mol. The Morgan fingerprint density at radius 2 is 1.60 bits per heavy atom. The standard InChI is InChI=1S/C27H35F3/c1-2-3-4-5-20-10-13-23(14-11-20)24-18-26(29)25(27(30)19-24)15-12-21-6-8-22(9-7-21)16-17-28/h16-23H,2-11,13-14H2,1H3/b17-16+. The molecule has 0 radical (unpaired) electrons. The van der Waals surface area contributed by atoms with Crippen LogP contribution >= 0.6 is 0 Å². The van der Waals surface area contributed by atoms with Crippen LogP contribution in [0.3, 0.4) is 0 Å². The van der Waals surface area contributed by atoms with Crippen LogP contribution in [-0.4, -0.2) is 0 Å². The maximum absolute atomic E-state index is 14.7. The molecule has 1 aromatic rings. The number of unbranched alkanes of at least 4 members (excludes halogenated alkanes) is 2. The highest BCUT2D eigenvalue weighted by Crippen LogP contribution is 2.38. The Kier molecular flexibility index (Phi) is 8.91. The second-order valence-corrected chi connectivity index (χ2v) is 9.27. The van der Waals surface area contributed by atoms with Crippen molar-refractivity contribution in [3.05, 3.63) is 47.3 Å². The van der Waals surface area contributed by atoms with Crippen molar-refractivity contribution in [2.75, 3.05) is 0 Å². The van der Waals surface area contributed by atoms with E-state index in [1.165, 1.54) is 50.7 Å². The largest absolute Gasteiger partial charge is 0.216 e. The van der Waals surface area contributed by atoms with Gasteiger partial charge in [-0.25, -0.2) is 13.2 Å². The van der Waals surface area contributed by atoms with Crippen LogP contribution < -0.4 is 0 Å². The molecule has 0 saturated heterocycles. The van der Waals surface area contributed by atoms with Gasteiger partial charge in [0.15, 0.2) is 0 Å². The summed E-state index contributed by atoms with van der Waals surface area (Å²) in [6, 6.07) is 3.02. The van der Waals surface area contributed by atoms with E-state index in [9.17, 15) is 13.2 Å². The topological polar surface area (TPSA) is 0 Å². The van der Waals surface area contributed by atoms with E-state index >= 15 is 0 Å². The predicted molar refractivity (Wildman–Crippen MR) is 118 cm³/mol. The molecule has 2 aliphatic rings. The van der Waals surface area contributed by atoms with Gasteiger partial charge < -0.3 is 0 Å². The van der Waals surface area contributed by atoms with E-state index in [1.54, 1.807) is 6.08 Å². The van der Waals surface area contributed by atoms with Crippen molar-refractivity contribution in [2.45, 2.75) is 89.9 Å². The highest BCUT2D eigenvalue weighted by atomic mass is 19.1. The van der Waals surface area contributed by atoms with Gasteiger partial charge in [-0.15, -0.1) is 0 Å². The number of benzene rings is 1. The first kappa shape index (κ1) is 23.0. The average molecular weight is 417 g/mol. The molecule has 30 heavy (non-hydrogen) atoms. The molecular formula is C27H35F3. The van der Waals surface area contributed by atoms with Crippen LogP contribution in [0.4, 0.5) is 13.2 Å². The lowest BCUT2D eigenvalue weighted by Crippen LogP contribution is -2.14. The quantitative estimate of drug-likeness (QED) is 0.322. The second-order valence-electron chi connectivity index (χ2n) is 9.27. The van der Waals surface area contributed by atoms with Crippen molar-refractivity contribution in [1.82, 2.24) is 0 Å². The summed E-state index contributed by atoms with van der Waals surface area (Å²) in [7, 11) is 0. The van der Waals surface area contributed by atoms with Crippen molar-refractivity contribution in [2.24, 2.45) is 17.8 Å². The summed E-state index contributed by atoms with van der Waals surface area (Å²) in [5, 5.41) is 0. The maximum Gasteiger partial charge on any atom is 0.142 e. The SMILES string of the molecule is CCCCCC1CCC(c2cc(F)c(C#CC3CCC(/C=C/F)CC3)c(F)c2)CC1. The van der Waals surface area contributed by atoms with Gasteiger partial charge in [0.1, 0.15) is 11.6 Å². The second kappa shape index (κ2) is 11.6. The molecule has 0 heterocycles. The number of halogens is 3. The van der Waals surface area contributed by atoms with Gasteiger partial charge in [-0.05, 0) is 86.8 Å². The third kappa shape index (κ3) is 6.40. The van der Waals surface area contributed by atoms with Crippen LogP contribution in [0.15, 0.2) is 24.5 Å². The van der Waals surface area contributed by atoms with E-state index in [0.29, 0.717) is 6.33 Å². The minimum Gasteiger partial charge on any atom is -0.216 e. The summed E-state index contributed by atoms with van der Waals surface area (Å²) in [6.45, 7) is 2.23. The van der Waals surface area contributed by atoms with Crippen LogP contribution in [0.25, 0.3) is 0 Å². The van der Waals surface area contributed by atoms with Gasteiger partial charge in [-0.2, -0.15) is 0 Å². The lowest BCUT2D eigenvalue weighted by atomic mass is 9.77. The average Bonchev–Trinajstić information content (AvgIpc) is 2.75. The number of allylic oxidation sites excluding steroid dienone is 1. The van der Waals surface area contributed by atoms with Gasteiger partial charge in [0.25, 0.3) is 0 Å².